The fourth-order valence-electron chi connectivity index (χ4n) is 1.79. The van der Waals surface area contributed by atoms with Gasteiger partial charge in [-0.15, -0.1) is 0 Å². The fourth-order valence-corrected chi connectivity index (χ4v) is 1.79. The van der Waals surface area contributed by atoms with E-state index in [0.717, 1.165) is 13.0 Å². The molecule has 0 aromatic heterocycles. The molecule has 106 valence electrons. The zero-order valence-corrected chi connectivity index (χ0v) is 12.7. The van der Waals surface area contributed by atoms with E-state index >= 15 is 0 Å². The Morgan fingerprint density at radius 2 is 1.94 bits per heavy atom. The average molecular weight is 256 g/mol. The van der Waals surface area contributed by atoms with E-state index in [2.05, 4.69) is 11.4 Å². The first-order valence-corrected chi connectivity index (χ1v) is 6.61. The van der Waals surface area contributed by atoms with E-state index in [4.69, 9.17) is 14.7 Å². The Hall–Kier alpha value is -0.630. The summed E-state index contributed by atoms with van der Waals surface area (Å²) in [5.74, 6) is 0. The summed E-state index contributed by atoms with van der Waals surface area (Å²) in [6, 6.07) is 2.31. The van der Waals surface area contributed by atoms with Gasteiger partial charge in [-0.3, -0.25) is 5.32 Å². The molecule has 0 rings (SSSR count). The Labute approximate surface area is 112 Å². The minimum absolute atomic E-state index is 0.0568. The lowest BCUT2D eigenvalue weighted by Gasteiger charge is -2.27. The second kappa shape index (κ2) is 7.73. The molecule has 0 aliphatic carbocycles. The highest BCUT2D eigenvalue weighted by atomic mass is 16.5. The highest BCUT2D eigenvalue weighted by molar-refractivity contribution is 5.04. The molecule has 0 bridgehead atoms. The standard InChI is InChI=1S/C14H28N2O2/c1-7-16-14(5,11-15)10-12(2)18-9-8-13(3,4)17-6/h12,16H,7-10H2,1-6H3. The topological polar surface area (TPSA) is 54.3 Å². The molecule has 0 saturated heterocycles. The molecule has 0 aliphatic rings. The van der Waals surface area contributed by atoms with E-state index in [1.165, 1.54) is 0 Å². The first-order chi connectivity index (χ1) is 8.28. The molecule has 0 heterocycles. The van der Waals surface area contributed by atoms with E-state index in [1.807, 2.05) is 34.6 Å². The van der Waals surface area contributed by atoms with Crippen LogP contribution in [0.1, 0.15) is 47.5 Å². The molecule has 0 radical (unpaired) electrons. The van der Waals surface area contributed by atoms with Crippen molar-refractivity contribution in [1.29, 1.82) is 5.26 Å². The Kier molecular flexibility index (Phi) is 7.46. The predicted octanol–water partition coefficient (Wildman–Crippen LogP) is 2.49. The van der Waals surface area contributed by atoms with Crippen LogP contribution < -0.4 is 5.32 Å². The third-order valence-corrected chi connectivity index (χ3v) is 3.17. The summed E-state index contributed by atoms with van der Waals surface area (Å²) in [6.07, 6.45) is 1.59. The number of hydrogen-bond acceptors (Lipinski definition) is 4. The highest BCUT2D eigenvalue weighted by Crippen LogP contribution is 2.16. The van der Waals surface area contributed by atoms with Crippen LogP contribution in [0.25, 0.3) is 0 Å². The lowest BCUT2D eigenvalue weighted by Crippen LogP contribution is -2.43. The maximum absolute atomic E-state index is 9.17. The zero-order valence-electron chi connectivity index (χ0n) is 12.7. The number of hydrogen-bond donors (Lipinski definition) is 1. The lowest BCUT2D eigenvalue weighted by atomic mass is 9.96. The van der Waals surface area contributed by atoms with Gasteiger partial charge in [0.05, 0.1) is 17.8 Å². The second-order valence-electron chi connectivity index (χ2n) is 5.57. The van der Waals surface area contributed by atoms with Crippen LogP contribution >= 0.6 is 0 Å². The average Bonchev–Trinajstić information content (AvgIpc) is 2.29. The van der Waals surface area contributed by atoms with Gasteiger partial charge in [-0.25, -0.2) is 0 Å². The molecule has 0 aromatic carbocycles. The van der Waals surface area contributed by atoms with Gasteiger partial charge in [-0.05, 0) is 40.7 Å². The molecule has 2 unspecified atom stereocenters. The molecule has 0 saturated carbocycles. The number of nitrogens with zero attached hydrogens (tertiary/aromatic N) is 1. The smallest absolute Gasteiger partial charge is 0.106 e. The summed E-state index contributed by atoms with van der Waals surface area (Å²) in [7, 11) is 1.71. The van der Waals surface area contributed by atoms with Crippen molar-refractivity contribution in [2.45, 2.75) is 64.7 Å². The third kappa shape index (κ3) is 6.95. The summed E-state index contributed by atoms with van der Waals surface area (Å²) >= 11 is 0. The second-order valence-corrected chi connectivity index (χ2v) is 5.57. The van der Waals surface area contributed by atoms with Gasteiger partial charge in [0.15, 0.2) is 0 Å². The van der Waals surface area contributed by atoms with Crippen LogP contribution in [-0.4, -0.2) is 37.5 Å². The van der Waals surface area contributed by atoms with Gasteiger partial charge >= 0.3 is 0 Å². The molecule has 2 atom stereocenters. The molecule has 18 heavy (non-hydrogen) atoms. The van der Waals surface area contributed by atoms with E-state index in [-0.39, 0.29) is 11.7 Å². The van der Waals surface area contributed by atoms with Gasteiger partial charge in [0.2, 0.25) is 0 Å². The van der Waals surface area contributed by atoms with Crippen molar-refractivity contribution < 1.29 is 9.47 Å². The first kappa shape index (κ1) is 17.4. The van der Waals surface area contributed by atoms with Crippen LogP contribution in [0.3, 0.4) is 0 Å². The Balaban J connectivity index is 4.04. The number of methoxy groups -OCH3 is 1. The predicted molar refractivity (Wildman–Crippen MR) is 73.4 cm³/mol. The van der Waals surface area contributed by atoms with Gasteiger partial charge in [0, 0.05) is 20.1 Å². The normalized spacial score (nSPS) is 16.9. The van der Waals surface area contributed by atoms with E-state index < -0.39 is 5.54 Å². The van der Waals surface area contributed by atoms with Crippen molar-refractivity contribution in [3.05, 3.63) is 0 Å². The number of ether oxygens (including phenoxy) is 2. The quantitative estimate of drug-likeness (QED) is 0.688. The molecule has 0 spiro atoms. The molecule has 0 fully saturated rings. The van der Waals surface area contributed by atoms with Crippen molar-refractivity contribution >= 4 is 0 Å². The number of nitriles is 1. The molecule has 4 heteroatoms. The summed E-state index contributed by atoms with van der Waals surface area (Å²) in [5.41, 5.74) is -0.662. The molecule has 0 amide bonds. The fraction of sp³-hybridized carbons (Fsp3) is 0.929. The van der Waals surface area contributed by atoms with E-state index in [1.54, 1.807) is 7.11 Å². The summed E-state index contributed by atoms with van der Waals surface area (Å²) in [6.45, 7) is 11.4. The third-order valence-electron chi connectivity index (χ3n) is 3.17. The molecular formula is C14H28N2O2. The van der Waals surface area contributed by atoms with Gasteiger partial charge in [-0.1, -0.05) is 6.92 Å². The summed E-state index contributed by atoms with van der Waals surface area (Å²) in [5, 5.41) is 12.4. The Bertz CT molecular complexity index is 273. The van der Waals surface area contributed by atoms with Crippen LogP contribution in [-0.2, 0) is 9.47 Å². The van der Waals surface area contributed by atoms with Crippen molar-refractivity contribution in [1.82, 2.24) is 5.32 Å². The van der Waals surface area contributed by atoms with Crippen LogP contribution in [0.4, 0.5) is 0 Å². The Morgan fingerprint density at radius 1 is 1.33 bits per heavy atom. The van der Waals surface area contributed by atoms with Crippen LogP contribution in [0.2, 0.25) is 0 Å². The minimum atomic E-state index is -0.509. The molecule has 4 nitrogen and oxygen atoms in total. The monoisotopic (exact) mass is 256 g/mol. The maximum Gasteiger partial charge on any atom is 0.106 e. The summed E-state index contributed by atoms with van der Waals surface area (Å²) in [4.78, 5) is 0. The van der Waals surface area contributed by atoms with E-state index in [0.29, 0.717) is 13.0 Å². The van der Waals surface area contributed by atoms with Crippen molar-refractivity contribution in [2.75, 3.05) is 20.3 Å². The minimum Gasteiger partial charge on any atom is -0.379 e. The summed E-state index contributed by atoms with van der Waals surface area (Å²) < 4.78 is 11.1. The number of nitrogens with one attached hydrogen (secondary N) is 1. The molecular weight excluding hydrogens is 228 g/mol. The van der Waals surface area contributed by atoms with Crippen molar-refractivity contribution in [3.63, 3.8) is 0 Å². The van der Waals surface area contributed by atoms with E-state index in [9.17, 15) is 0 Å². The Morgan fingerprint density at radius 3 is 2.39 bits per heavy atom. The maximum atomic E-state index is 9.17. The van der Waals surface area contributed by atoms with Crippen LogP contribution in [0.5, 0.6) is 0 Å². The van der Waals surface area contributed by atoms with Gasteiger partial charge in [0.1, 0.15) is 5.54 Å². The van der Waals surface area contributed by atoms with Crippen molar-refractivity contribution in [2.24, 2.45) is 0 Å². The SMILES string of the molecule is CCNC(C)(C#N)CC(C)OCCC(C)(C)OC. The van der Waals surface area contributed by atoms with Crippen LogP contribution in [0.15, 0.2) is 0 Å². The van der Waals surface area contributed by atoms with Crippen LogP contribution in [0, 0.1) is 11.3 Å². The zero-order chi connectivity index (χ0) is 14.2. The molecule has 0 aromatic rings. The molecule has 1 N–H and O–H groups in total. The highest BCUT2D eigenvalue weighted by Gasteiger charge is 2.26. The molecule has 0 aliphatic heterocycles. The van der Waals surface area contributed by atoms with Gasteiger partial charge in [0.25, 0.3) is 0 Å². The lowest BCUT2D eigenvalue weighted by molar-refractivity contribution is -0.0273. The first-order valence-electron chi connectivity index (χ1n) is 6.61. The van der Waals surface area contributed by atoms with Crippen molar-refractivity contribution in [3.8, 4) is 6.07 Å². The van der Waals surface area contributed by atoms with Gasteiger partial charge in [-0.2, -0.15) is 5.26 Å². The largest absolute Gasteiger partial charge is 0.379 e. The number of rotatable bonds is 9. The van der Waals surface area contributed by atoms with Gasteiger partial charge < -0.3 is 9.47 Å².